The molecule has 0 bridgehead atoms. The minimum Gasteiger partial charge on any atom is -0.870 e. The molecular formula is C33H22N8Na4O15S4. The van der Waals surface area contributed by atoms with E-state index in [9.17, 15) is 62.1 Å². The molecule has 0 atom stereocenters. The number of nitrogen functional groups attached to an aromatic ring is 2. The van der Waals surface area contributed by atoms with Crippen molar-refractivity contribution in [1.82, 2.24) is 0 Å². The summed E-state index contributed by atoms with van der Waals surface area (Å²) in [6.45, 7) is 0. The molecule has 0 aliphatic rings. The van der Waals surface area contributed by atoms with E-state index in [-0.39, 0.29) is 163 Å². The third kappa shape index (κ3) is 12.8. The molecule has 0 fully saturated rings. The summed E-state index contributed by atoms with van der Waals surface area (Å²) < 4.78 is 143. The van der Waals surface area contributed by atoms with Crippen molar-refractivity contribution < 1.29 is 185 Å². The van der Waals surface area contributed by atoms with Crippen LogP contribution in [-0.4, -0.2) is 59.0 Å². The summed E-state index contributed by atoms with van der Waals surface area (Å²) in [5.74, 6) is -2.31. The summed E-state index contributed by atoms with van der Waals surface area (Å²) in [4.78, 5) is -3.79. The van der Waals surface area contributed by atoms with Gasteiger partial charge in [-0.05, 0) is 94.3 Å². The van der Waals surface area contributed by atoms with Crippen LogP contribution in [0.25, 0.3) is 21.5 Å². The van der Waals surface area contributed by atoms with Gasteiger partial charge in [-0.25, -0.2) is 16.8 Å². The van der Waals surface area contributed by atoms with Gasteiger partial charge in [0.25, 0.3) is 20.2 Å². The van der Waals surface area contributed by atoms with Crippen LogP contribution < -0.4 is 145 Å². The summed E-state index contributed by atoms with van der Waals surface area (Å²) >= 11 is 0. The number of azo groups is 3. The quantitative estimate of drug-likeness (QED) is 0.0405. The summed E-state index contributed by atoms with van der Waals surface area (Å²) in [5.41, 5.74) is 9.31. The van der Waals surface area contributed by atoms with E-state index in [2.05, 4.69) is 30.7 Å². The average molecular weight is 991 g/mol. The van der Waals surface area contributed by atoms with Gasteiger partial charge < -0.3 is 35.5 Å². The SMILES string of the molecule is COc1cc(N=Nc2ccc(N=Nc3c(S(=O)(=O)O)cc4cc(S(=O)(=O)[O-])cc(N)c4c3[O-])cc2)ccc1N=Nc1c(S(=O)(=O)O)cc2cc(S(=O)(=O)[O-])cc(N)c2c1[O-].[Na+].[Na+].[Na+].[Na+]. The molecule has 0 unspecified atom stereocenters. The van der Waals surface area contributed by atoms with E-state index in [1.54, 1.807) is 0 Å². The first-order valence-corrected chi connectivity index (χ1v) is 21.6. The molecule has 6 N–H and O–H groups in total. The van der Waals surface area contributed by atoms with Gasteiger partial charge in [-0.1, -0.05) is 11.5 Å². The normalized spacial score (nSPS) is 12.2. The maximum Gasteiger partial charge on any atom is 1.00 e. The minimum atomic E-state index is -5.17. The molecule has 0 aromatic heterocycles. The van der Waals surface area contributed by atoms with Crippen molar-refractivity contribution in [2.45, 2.75) is 19.6 Å². The van der Waals surface area contributed by atoms with Crippen molar-refractivity contribution in [2.24, 2.45) is 30.7 Å². The van der Waals surface area contributed by atoms with Gasteiger partial charge in [0.1, 0.15) is 41.5 Å². The Hall–Kier alpha value is -2.72. The van der Waals surface area contributed by atoms with Crippen LogP contribution in [0.1, 0.15) is 0 Å². The van der Waals surface area contributed by atoms with E-state index >= 15 is 0 Å². The van der Waals surface area contributed by atoms with E-state index in [4.69, 9.17) is 16.2 Å². The smallest absolute Gasteiger partial charge is 0.870 e. The first kappa shape index (κ1) is 57.4. The zero-order valence-corrected chi connectivity index (χ0v) is 44.9. The van der Waals surface area contributed by atoms with Crippen LogP contribution in [0.4, 0.5) is 45.5 Å². The number of nitrogens with zero attached hydrogens (tertiary/aromatic N) is 6. The molecular weight excluding hydrogens is 969 g/mol. The van der Waals surface area contributed by atoms with Gasteiger partial charge in [0, 0.05) is 17.4 Å². The zero-order valence-electron chi connectivity index (χ0n) is 33.7. The number of methoxy groups -OCH3 is 1. The molecule has 6 rings (SSSR count). The molecule has 0 aliphatic carbocycles. The van der Waals surface area contributed by atoms with Crippen molar-refractivity contribution in [3.05, 3.63) is 78.9 Å². The van der Waals surface area contributed by atoms with Crippen molar-refractivity contribution in [3.8, 4) is 17.2 Å². The maximum atomic E-state index is 13.3. The van der Waals surface area contributed by atoms with Gasteiger partial charge in [-0.2, -0.15) is 32.2 Å². The number of fused-ring (bicyclic) bond motifs is 2. The number of anilines is 2. The summed E-state index contributed by atoms with van der Waals surface area (Å²) in [6.07, 6.45) is 0. The Labute approximate surface area is 451 Å². The van der Waals surface area contributed by atoms with Gasteiger partial charge in [0.2, 0.25) is 0 Å². The zero-order chi connectivity index (χ0) is 44.1. The second-order valence-electron chi connectivity index (χ2n) is 12.2. The van der Waals surface area contributed by atoms with E-state index in [0.717, 1.165) is 24.3 Å². The Balaban J connectivity index is 0.00000352. The van der Waals surface area contributed by atoms with E-state index in [1.807, 2.05) is 0 Å². The standard InChI is InChI=1S/C33H26N8O15S4.4Na/c1-56-25-12-19(6-7-24(25)39-41-31-27(60(53,54)55)11-16-9-21(58(47,48)49)14-23(35)29(16)33(31)43)38-36-17-2-4-18(5-3-17)37-40-30-26(59(50,51)52)10-15-8-20(57(44,45)46)13-22(34)28(15)32(30)42;;;;/h2-14,42-43H,34-35H2,1H3,(H,44,45,46)(H,47,48,49)(H,50,51,52)(H,53,54,55);;;;/q;4*+1/p-4. The number of benzene rings is 6. The average Bonchev–Trinajstić information content (AvgIpc) is 3.14. The van der Waals surface area contributed by atoms with Gasteiger partial charge in [-0.15, -0.1) is 15.3 Å². The first-order chi connectivity index (χ1) is 27.9. The van der Waals surface area contributed by atoms with E-state index in [0.29, 0.717) is 12.1 Å². The molecule has 0 saturated carbocycles. The van der Waals surface area contributed by atoms with Crippen molar-refractivity contribution in [1.29, 1.82) is 0 Å². The fourth-order valence-electron chi connectivity index (χ4n) is 5.55. The predicted molar refractivity (Wildman–Crippen MR) is 203 cm³/mol. The number of ether oxygens (including phenoxy) is 1. The third-order valence-corrected chi connectivity index (χ3v) is 11.6. The largest absolute Gasteiger partial charge is 1.00 e. The number of rotatable bonds is 11. The van der Waals surface area contributed by atoms with Gasteiger partial charge in [0.15, 0.2) is 0 Å². The summed E-state index contributed by atoms with van der Waals surface area (Å²) in [7, 11) is -19.2. The van der Waals surface area contributed by atoms with Crippen molar-refractivity contribution >= 4 is 108 Å². The Kier molecular flexibility index (Phi) is 19.7. The molecule has 6 aromatic carbocycles. The molecule has 0 amide bonds. The number of hydrogen-bond donors (Lipinski definition) is 4. The van der Waals surface area contributed by atoms with Crippen molar-refractivity contribution in [3.63, 3.8) is 0 Å². The summed E-state index contributed by atoms with van der Waals surface area (Å²) in [5, 5.41) is 48.3. The molecule has 0 saturated heterocycles. The second-order valence-corrected chi connectivity index (χ2v) is 17.7. The Morgan fingerprint density at radius 2 is 0.875 bits per heavy atom. The van der Waals surface area contributed by atoms with E-state index < -0.39 is 99.7 Å². The summed E-state index contributed by atoms with van der Waals surface area (Å²) in [6, 6.07) is 13.8. The fourth-order valence-corrected chi connectivity index (χ4v) is 7.94. The second kappa shape index (κ2) is 21.9. The number of hydrogen-bond acceptors (Lipinski definition) is 21. The van der Waals surface area contributed by atoms with Crippen LogP contribution in [0, 0.1) is 0 Å². The van der Waals surface area contributed by atoms with Crippen molar-refractivity contribution in [2.75, 3.05) is 18.6 Å². The number of nitrogens with two attached hydrogens (primary N) is 2. The molecule has 6 aromatic rings. The molecule has 64 heavy (non-hydrogen) atoms. The fraction of sp³-hybridized carbons (Fsp3) is 0.0303. The van der Waals surface area contributed by atoms with Gasteiger partial charge in [-0.3, -0.25) is 9.11 Å². The topological polar surface area (TPSA) is 405 Å². The monoisotopic (exact) mass is 990 g/mol. The minimum absolute atomic E-state index is 0. The first-order valence-electron chi connectivity index (χ1n) is 15.9. The van der Waals surface area contributed by atoms with Gasteiger partial charge in [0.05, 0.1) is 45.3 Å². The Bertz CT molecular complexity index is 3370. The predicted octanol–water partition coefficient (Wildman–Crippen LogP) is -7.12. The van der Waals surface area contributed by atoms with Crippen LogP contribution in [-0.2, 0) is 40.5 Å². The van der Waals surface area contributed by atoms with E-state index in [1.165, 1.54) is 49.6 Å². The molecule has 312 valence electrons. The van der Waals surface area contributed by atoms with Crippen LogP contribution in [0.2, 0.25) is 0 Å². The molecule has 0 spiro atoms. The third-order valence-electron chi connectivity index (χ3n) is 8.22. The molecule has 23 nitrogen and oxygen atoms in total. The van der Waals surface area contributed by atoms with Gasteiger partial charge >= 0.3 is 118 Å². The maximum absolute atomic E-state index is 13.3. The Morgan fingerprint density at radius 1 is 0.516 bits per heavy atom. The van der Waals surface area contributed by atoms with Crippen LogP contribution in [0.3, 0.4) is 0 Å². The molecule has 0 radical (unpaired) electrons. The van der Waals surface area contributed by atoms with Crippen LogP contribution in [0.5, 0.6) is 17.2 Å². The molecule has 31 heteroatoms. The molecule has 0 aliphatic heterocycles. The Morgan fingerprint density at radius 3 is 1.25 bits per heavy atom. The van der Waals surface area contributed by atoms with Crippen LogP contribution >= 0.6 is 0 Å². The van der Waals surface area contributed by atoms with Crippen LogP contribution in [0.15, 0.2) is 129 Å². The molecule has 0 heterocycles.